The van der Waals surface area contributed by atoms with Crippen molar-refractivity contribution in [2.45, 2.75) is 12.6 Å². The van der Waals surface area contributed by atoms with Gasteiger partial charge in [0.1, 0.15) is 0 Å². The molecule has 0 bridgehead atoms. The van der Waals surface area contributed by atoms with E-state index in [9.17, 15) is 0 Å². The molecule has 0 saturated heterocycles. The molecule has 0 aliphatic heterocycles. The maximum atomic E-state index is 5.93. The number of nitrogens with zero attached hydrogens (tertiary/aromatic N) is 1. The average molecular weight is 287 g/mol. The topological polar surface area (TPSA) is 29.3 Å². The minimum Gasteiger partial charge on any atom is -0.329 e. The molecule has 2 rings (SSSR count). The number of rotatable bonds is 5. The Morgan fingerprint density at radius 1 is 1.41 bits per heavy atom. The normalized spacial score (nSPS) is 13.2. The molecule has 0 saturated carbocycles. The quantitative estimate of drug-likeness (QED) is 0.910. The first-order chi connectivity index (χ1) is 8.20. The van der Waals surface area contributed by atoms with E-state index in [1.165, 1.54) is 9.75 Å². The fourth-order valence-electron chi connectivity index (χ4n) is 1.79. The van der Waals surface area contributed by atoms with E-state index in [4.69, 9.17) is 17.3 Å². The van der Waals surface area contributed by atoms with Crippen molar-refractivity contribution in [3.05, 3.63) is 43.7 Å². The Labute approximate surface area is 115 Å². The third-order valence-corrected chi connectivity index (χ3v) is 4.85. The highest BCUT2D eigenvalue weighted by molar-refractivity contribution is 7.16. The van der Waals surface area contributed by atoms with Crippen LogP contribution in [0.4, 0.5) is 0 Å². The second kappa shape index (κ2) is 5.98. The molecular weight excluding hydrogens is 272 g/mol. The fraction of sp³-hybridized carbons (Fsp3) is 0.333. The number of halogens is 1. The zero-order valence-corrected chi connectivity index (χ0v) is 12.0. The Morgan fingerprint density at radius 2 is 2.24 bits per heavy atom. The summed E-state index contributed by atoms with van der Waals surface area (Å²) >= 11 is 9.32. The Morgan fingerprint density at radius 3 is 2.76 bits per heavy atom. The lowest BCUT2D eigenvalue weighted by atomic mass is 10.2. The summed E-state index contributed by atoms with van der Waals surface area (Å²) in [6.45, 7) is 1.52. The van der Waals surface area contributed by atoms with Gasteiger partial charge >= 0.3 is 0 Å². The highest BCUT2D eigenvalue weighted by Crippen LogP contribution is 2.27. The van der Waals surface area contributed by atoms with E-state index in [0.717, 1.165) is 10.9 Å². The molecule has 2 aromatic heterocycles. The van der Waals surface area contributed by atoms with Gasteiger partial charge < -0.3 is 5.73 Å². The van der Waals surface area contributed by atoms with Crippen LogP contribution in [-0.4, -0.2) is 18.5 Å². The highest BCUT2D eigenvalue weighted by atomic mass is 35.5. The molecule has 2 nitrogen and oxygen atoms in total. The third kappa shape index (κ3) is 3.30. The molecule has 1 unspecified atom stereocenters. The molecule has 2 heterocycles. The van der Waals surface area contributed by atoms with Crippen molar-refractivity contribution >= 4 is 34.3 Å². The first-order valence-corrected chi connectivity index (χ1v) is 7.46. The molecule has 2 N–H and O–H groups in total. The van der Waals surface area contributed by atoms with E-state index < -0.39 is 0 Å². The highest BCUT2D eigenvalue weighted by Gasteiger charge is 2.17. The van der Waals surface area contributed by atoms with E-state index in [1.54, 1.807) is 22.7 Å². The predicted octanol–water partition coefficient (Wildman–Crippen LogP) is 3.59. The molecule has 2 aromatic rings. The second-order valence-electron chi connectivity index (χ2n) is 3.89. The van der Waals surface area contributed by atoms with Crippen LogP contribution in [-0.2, 0) is 6.54 Å². The third-order valence-electron chi connectivity index (χ3n) is 2.66. The zero-order chi connectivity index (χ0) is 12.3. The second-order valence-corrected chi connectivity index (χ2v) is 6.67. The van der Waals surface area contributed by atoms with Crippen molar-refractivity contribution in [1.82, 2.24) is 4.90 Å². The number of hydrogen-bond acceptors (Lipinski definition) is 4. The van der Waals surface area contributed by atoms with Crippen molar-refractivity contribution in [2.24, 2.45) is 5.73 Å². The Kier molecular flexibility index (Phi) is 4.59. The monoisotopic (exact) mass is 286 g/mol. The molecule has 1 atom stereocenters. The lowest BCUT2D eigenvalue weighted by Gasteiger charge is -2.25. The van der Waals surface area contributed by atoms with Crippen LogP contribution in [0.2, 0.25) is 4.34 Å². The van der Waals surface area contributed by atoms with Gasteiger partial charge in [-0.1, -0.05) is 17.7 Å². The van der Waals surface area contributed by atoms with Crippen LogP contribution < -0.4 is 5.73 Å². The fourth-order valence-corrected chi connectivity index (χ4v) is 3.84. The summed E-state index contributed by atoms with van der Waals surface area (Å²) in [4.78, 5) is 4.86. The Bertz CT molecular complexity index is 453. The Balaban J connectivity index is 2.05. The molecule has 0 fully saturated rings. The van der Waals surface area contributed by atoms with Crippen LogP contribution in [0.15, 0.2) is 29.6 Å². The summed E-state index contributed by atoms with van der Waals surface area (Å²) in [7, 11) is 2.10. The maximum absolute atomic E-state index is 5.93. The van der Waals surface area contributed by atoms with Gasteiger partial charge in [-0.3, -0.25) is 4.90 Å². The molecule has 0 aliphatic carbocycles. The smallest absolute Gasteiger partial charge is 0.0931 e. The van der Waals surface area contributed by atoms with E-state index in [0.29, 0.717) is 6.54 Å². The summed E-state index contributed by atoms with van der Waals surface area (Å²) in [5.74, 6) is 0. The van der Waals surface area contributed by atoms with E-state index in [-0.39, 0.29) is 6.04 Å². The van der Waals surface area contributed by atoms with Gasteiger partial charge in [-0.05, 0) is 30.6 Å². The van der Waals surface area contributed by atoms with Gasteiger partial charge in [-0.15, -0.1) is 22.7 Å². The molecule has 0 radical (unpaired) electrons. The molecule has 0 aliphatic rings. The van der Waals surface area contributed by atoms with Gasteiger partial charge in [-0.2, -0.15) is 0 Å². The summed E-state index contributed by atoms with van der Waals surface area (Å²) in [5.41, 5.74) is 5.87. The van der Waals surface area contributed by atoms with Crippen molar-refractivity contribution < 1.29 is 0 Å². The lowest BCUT2D eigenvalue weighted by molar-refractivity contribution is 0.247. The standard InChI is InChI=1S/C12H15ClN2S2/c1-15(8-9-4-5-12(13)17-9)10(7-14)11-3-2-6-16-11/h2-6,10H,7-8,14H2,1H3. The molecule has 0 amide bonds. The first-order valence-electron chi connectivity index (χ1n) is 5.38. The van der Waals surface area contributed by atoms with E-state index in [2.05, 4.69) is 35.5 Å². The van der Waals surface area contributed by atoms with Crippen molar-refractivity contribution in [3.63, 3.8) is 0 Å². The SMILES string of the molecule is CN(Cc1ccc(Cl)s1)C(CN)c1cccs1. The van der Waals surface area contributed by atoms with Crippen molar-refractivity contribution in [3.8, 4) is 0 Å². The van der Waals surface area contributed by atoms with Crippen LogP contribution in [0, 0.1) is 0 Å². The van der Waals surface area contributed by atoms with Gasteiger partial charge in [0.25, 0.3) is 0 Å². The van der Waals surface area contributed by atoms with Crippen molar-refractivity contribution in [1.29, 1.82) is 0 Å². The molecular formula is C12H15ClN2S2. The minimum atomic E-state index is 0.288. The molecule has 5 heteroatoms. The van der Waals surface area contributed by atoms with Crippen LogP contribution in [0.3, 0.4) is 0 Å². The van der Waals surface area contributed by atoms with Gasteiger partial charge in [-0.25, -0.2) is 0 Å². The van der Waals surface area contributed by atoms with E-state index >= 15 is 0 Å². The van der Waals surface area contributed by atoms with Gasteiger partial charge in [0, 0.05) is 22.8 Å². The number of hydrogen-bond donors (Lipinski definition) is 1. The maximum Gasteiger partial charge on any atom is 0.0931 e. The van der Waals surface area contributed by atoms with Gasteiger partial charge in [0.05, 0.1) is 10.4 Å². The summed E-state index contributed by atoms with van der Waals surface area (Å²) in [6.07, 6.45) is 0. The lowest BCUT2D eigenvalue weighted by Crippen LogP contribution is -2.29. The van der Waals surface area contributed by atoms with Crippen LogP contribution in [0.25, 0.3) is 0 Å². The minimum absolute atomic E-state index is 0.288. The average Bonchev–Trinajstić information content (AvgIpc) is 2.92. The molecule has 17 heavy (non-hydrogen) atoms. The van der Waals surface area contributed by atoms with Crippen LogP contribution >= 0.6 is 34.3 Å². The molecule has 0 spiro atoms. The summed E-state index contributed by atoms with van der Waals surface area (Å²) in [6, 6.07) is 8.51. The van der Waals surface area contributed by atoms with Crippen LogP contribution in [0.5, 0.6) is 0 Å². The zero-order valence-electron chi connectivity index (χ0n) is 9.60. The summed E-state index contributed by atoms with van der Waals surface area (Å²) in [5, 5.41) is 2.09. The molecule has 92 valence electrons. The number of likely N-dealkylation sites (N-methyl/N-ethyl adjacent to an activating group) is 1. The predicted molar refractivity (Wildman–Crippen MR) is 76.9 cm³/mol. The van der Waals surface area contributed by atoms with E-state index in [1.807, 2.05) is 6.07 Å². The molecule has 0 aromatic carbocycles. The Hall–Kier alpha value is -0.390. The number of nitrogens with two attached hydrogens (primary N) is 1. The van der Waals surface area contributed by atoms with Crippen molar-refractivity contribution in [2.75, 3.05) is 13.6 Å². The largest absolute Gasteiger partial charge is 0.329 e. The first kappa shape index (κ1) is 13.1. The van der Waals surface area contributed by atoms with Crippen LogP contribution in [0.1, 0.15) is 15.8 Å². The number of thiophene rings is 2. The van der Waals surface area contributed by atoms with Gasteiger partial charge in [0.2, 0.25) is 0 Å². The summed E-state index contributed by atoms with van der Waals surface area (Å²) < 4.78 is 0.842. The van der Waals surface area contributed by atoms with Gasteiger partial charge in [0.15, 0.2) is 0 Å².